The van der Waals surface area contributed by atoms with Crippen LogP contribution in [0.2, 0.25) is 0 Å². The number of likely N-dealkylation sites (tertiary alicyclic amines) is 1. The molecule has 5 rings (SSSR count). The Morgan fingerprint density at radius 2 is 1.88 bits per heavy atom. The molecule has 4 heterocycles. The Balaban J connectivity index is 1.37. The predicted molar refractivity (Wildman–Crippen MR) is 116 cm³/mol. The van der Waals surface area contributed by atoms with Crippen molar-refractivity contribution in [3.8, 4) is 17.3 Å². The van der Waals surface area contributed by atoms with Gasteiger partial charge in [0, 0.05) is 36.9 Å². The van der Waals surface area contributed by atoms with Crippen LogP contribution in [0.5, 0.6) is 5.88 Å². The summed E-state index contributed by atoms with van der Waals surface area (Å²) < 4.78 is 44.1. The maximum atomic E-state index is 13.7. The minimum absolute atomic E-state index is 0.0883. The molecule has 1 aliphatic carbocycles. The standard InChI is InChI=1S/C24H22F3N5O2/c1-14-3-5-19(22-28-7-2-8-29-22)21(31-14)23(33)32-12-16-9-15(16)10-18(32)13-34-20-6-4-17(11-30-20)24(25,26)27/h2-8,11,15-16,18H,9-10,12-13H2,1H3/t15-,16+,18+/m1/s1. The van der Waals surface area contributed by atoms with Crippen LogP contribution in [0.4, 0.5) is 13.2 Å². The third kappa shape index (κ3) is 4.57. The number of aromatic nitrogens is 4. The zero-order valence-corrected chi connectivity index (χ0v) is 18.4. The van der Waals surface area contributed by atoms with Gasteiger partial charge in [0.15, 0.2) is 5.82 Å². The smallest absolute Gasteiger partial charge is 0.417 e. The Morgan fingerprint density at radius 3 is 2.59 bits per heavy atom. The summed E-state index contributed by atoms with van der Waals surface area (Å²) in [6, 6.07) is 7.20. The first-order valence-corrected chi connectivity index (χ1v) is 11.0. The van der Waals surface area contributed by atoms with Gasteiger partial charge in [0.2, 0.25) is 5.88 Å². The number of alkyl halides is 3. The Kier molecular flexibility index (Phi) is 5.66. The fraction of sp³-hybridized carbons (Fsp3) is 0.375. The summed E-state index contributed by atoms with van der Waals surface area (Å²) in [6.07, 6.45) is 1.33. The quantitative estimate of drug-likeness (QED) is 0.558. The van der Waals surface area contributed by atoms with E-state index >= 15 is 0 Å². The topological polar surface area (TPSA) is 81.1 Å². The molecule has 0 N–H and O–H groups in total. The summed E-state index contributed by atoms with van der Waals surface area (Å²) in [7, 11) is 0. The molecule has 10 heteroatoms. The zero-order valence-electron chi connectivity index (χ0n) is 18.4. The second-order valence-electron chi connectivity index (χ2n) is 8.72. The van der Waals surface area contributed by atoms with Gasteiger partial charge < -0.3 is 9.64 Å². The van der Waals surface area contributed by atoms with Gasteiger partial charge in [-0.25, -0.2) is 19.9 Å². The van der Waals surface area contributed by atoms with Gasteiger partial charge in [-0.1, -0.05) is 0 Å². The number of aryl methyl sites for hydroxylation is 1. The molecule has 1 aliphatic heterocycles. The van der Waals surface area contributed by atoms with Crippen molar-refractivity contribution in [2.24, 2.45) is 11.8 Å². The van der Waals surface area contributed by atoms with E-state index in [0.717, 1.165) is 25.1 Å². The van der Waals surface area contributed by atoms with E-state index in [0.29, 0.717) is 35.5 Å². The highest BCUT2D eigenvalue weighted by atomic mass is 19.4. The summed E-state index contributed by atoms with van der Waals surface area (Å²) >= 11 is 0. The highest BCUT2D eigenvalue weighted by molar-refractivity contribution is 5.98. The van der Waals surface area contributed by atoms with Crippen LogP contribution in [0.1, 0.15) is 34.6 Å². The SMILES string of the molecule is Cc1ccc(-c2ncccn2)c(C(=O)N2C[C@@H]3C[C@@H]3C[C@H]2COc2ccc(C(F)(F)F)cn2)n1. The van der Waals surface area contributed by atoms with E-state index in [4.69, 9.17) is 4.74 Å². The summed E-state index contributed by atoms with van der Waals surface area (Å²) in [6.45, 7) is 2.54. The fourth-order valence-electron chi connectivity index (χ4n) is 4.40. The van der Waals surface area contributed by atoms with Crippen LogP contribution in [0.25, 0.3) is 11.4 Å². The van der Waals surface area contributed by atoms with Gasteiger partial charge >= 0.3 is 6.18 Å². The lowest BCUT2D eigenvalue weighted by molar-refractivity contribution is -0.137. The van der Waals surface area contributed by atoms with Gasteiger partial charge in [0.25, 0.3) is 5.91 Å². The Bertz CT molecular complexity index is 1190. The molecule has 0 unspecified atom stereocenters. The number of hydrogen-bond donors (Lipinski definition) is 0. The zero-order chi connectivity index (χ0) is 23.9. The van der Waals surface area contributed by atoms with E-state index < -0.39 is 11.7 Å². The molecule has 3 aromatic heterocycles. The Hall–Kier alpha value is -3.56. The first-order valence-electron chi connectivity index (χ1n) is 11.0. The van der Waals surface area contributed by atoms with E-state index in [9.17, 15) is 18.0 Å². The van der Waals surface area contributed by atoms with Crippen LogP contribution in [0.3, 0.4) is 0 Å². The normalized spacial score (nSPS) is 21.6. The summed E-state index contributed by atoms with van der Waals surface area (Å²) in [4.78, 5) is 32.3. The average Bonchev–Trinajstić information content (AvgIpc) is 3.60. The van der Waals surface area contributed by atoms with Gasteiger partial charge in [-0.3, -0.25) is 4.79 Å². The number of fused-ring (bicyclic) bond motifs is 1. The van der Waals surface area contributed by atoms with Gasteiger partial charge in [-0.15, -0.1) is 0 Å². The molecule has 1 saturated heterocycles. The van der Waals surface area contributed by atoms with E-state index in [1.54, 1.807) is 29.4 Å². The lowest BCUT2D eigenvalue weighted by Crippen LogP contribution is -2.48. The molecule has 0 aromatic carbocycles. The number of carbonyl (C=O) groups excluding carboxylic acids is 1. The number of rotatable bonds is 5. The Labute approximate surface area is 194 Å². The van der Waals surface area contributed by atoms with Gasteiger partial charge in [-0.2, -0.15) is 13.2 Å². The number of nitrogens with zero attached hydrogens (tertiary/aromatic N) is 5. The number of ether oxygens (including phenoxy) is 1. The molecule has 2 aliphatic rings. The molecule has 7 nitrogen and oxygen atoms in total. The van der Waals surface area contributed by atoms with Crippen molar-refractivity contribution in [2.45, 2.75) is 32.0 Å². The first kappa shape index (κ1) is 22.2. The van der Waals surface area contributed by atoms with Crippen molar-refractivity contribution in [3.63, 3.8) is 0 Å². The molecule has 176 valence electrons. The van der Waals surface area contributed by atoms with Crippen LogP contribution < -0.4 is 4.74 Å². The second-order valence-corrected chi connectivity index (χ2v) is 8.72. The molecule has 0 spiro atoms. The molecule has 1 amide bonds. The summed E-state index contributed by atoms with van der Waals surface area (Å²) in [5.74, 6) is 1.25. The highest BCUT2D eigenvalue weighted by Crippen LogP contribution is 2.47. The molecule has 3 atom stereocenters. The maximum absolute atomic E-state index is 13.7. The van der Waals surface area contributed by atoms with Crippen LogP contribution in [-0.2, 0) is 6.18 Å². The summed E-state index contributed by atoms with van der Waals surface area (Å²) in [5.41, 5.74) is 0.698. The van der Waals surface area contributed by atoms with Crippen molar-refractivity contribution >= 4 is 5.91 Å². The van der Waals surface area contributed by atoms with Gasteiger partial charge in [0.05, 0.1) is 17.2 Å². The number of carbonyl (C=O) groups is 1. The third-order valence-corrected chi connectivity index (χ3v) is 6.31. The van der Waals surface area contributed by atoms with Crippen LogP contribution >= 0.6 is 0 Å². The maximum Gasteiger partial charge on any atom is 0.417 e. The van der Waals surface area contributed by atoms with Crippen molar-refractivity contribution in [3.05, 3.63) is 65.9 Å². The van der Waals surface area contributed by atoms with Crippen molar-refractivity contribution < 1.29 is 22.7 Å². The van der Waals surface area contributed by atoms with E-state index in [2.05, 4.69) is 19.9 Å². The minimum atomic E-state index is -4.46. The monoisotopic (exact) mass is 469 g/mol. The number of halogens is 3. The minimum Gasteiger partial charge on any atom is -0.475 e. The van der Waals surface area contributed by atoms with Crippen LogP contribution in [0.15, 0.2) is 48.9 Å². The fourth-order valence-corrected chi connectivity index (χ4v) is 4.40. The molecule has 1 saturated carbocycles. The van der Waals surface area contributed by atoms with Gasteiger partial charge in [0.1, 0.15) is 12.3 Å². The highest BCUT2D eigenvalue weighted by Gasteiger charge is 2.48. The number of amides is 1. The van der Waals surface area contributed by atoms with Crippen molar-refractivity contribution in [1.29, 1.82) is 0 Å². The average molecular weight is 469 g/mol. The number of hydrogen-bond acceptors (Lipinski definition) is 6. The van der Waals surface area contributed by atoms with Crippen molar-refractivity contribution in [1.82, 2.24) is 24.8 Å². The van der Waals surface area contributed by atoms with E-state index in [1.165, 1.54) is 6.07 Å². The predicted octanol–water partition coefficient (Wildman–Crippen LogP) is 4.19. The largest absolute Gasteiger partial charge is 0.475 e. The first-order chi connectivity index (χ1) is 16.3. The van der Waals surface area contributed by atoms with Gasteiger partial charge in [-0.05, 0) is 55.9 Å². The van der Waals surface area contributed by atoms with Crippen LogP contribution in [0, 0.1) is 18.8 Å². The molecule has 0 radical (unpaired) electrons. The van der Waals surface area contributed by atoms with Crippen molar-refractivity contribution in [2.75, 3.05) is 13.2 Å². The second kappa shape index (κ2) is 8.66. The lowest BCUT2D eigenvalue weighted by atomic mass is 10.0. The number of pyridine rings is 2. The lowest BCUT2D eigenvalue weighted by Gasteiger charge is -2.35. The number of piperidine rings is 1. The van der Waals surface area contributed by atoms with E-state index in [1.807, 2.05) is 13.0 Å². The molecule has 0 bridgehead atoms. The van der Waals surface area contributed by atoms with Crippen LogP contribution in [-0.4, -0.2) is 49.9 Å². The van der Waals surface area contributed by atoms with E-state index in [-0.39, 0.29) is 30.1 Å². The molecule has 2 fully saturated rings. The molecular weight excluding hydrogens is 447 g/mol. The summed E-state index contributed by atoms with van der Waals surface area (Å²) in [5, 5.41) is 0. The molecule has 34 heavy (non-hydrogen) atoms. The molecule has 3 aromatic rings. The molecular formula is C24H22F3N5O2. The Morgan fingerprint density at radius 1 is 1.09 bits per heavy atom. The third-order valence-electron chi connectivity index (χ3n) is 6.31.